The summed E-state index contributed by atoms with van der Waals surface area (Å²) in [6.45, 7) is -0.418. The van der Waals surface area contributed by atoms with Crippen LogP contribution in [0.5, 0.6) is 0 Å². The number of hydrogen-bond donors (Lipinski definition) is 1. The van der Waals surface area contributed by atoms with E-state index in [1.54, 1.807) is 0 Å². The molecule has 5 nitrogen and oxygen atoms in total. The zero-order valence-electron chi connectivity index (χ0n) is 9.31. The molecule has 0 radical (unpaired) electrons. The van der Waals surface area contributed by atoms with E-state index in [0.29, 0.717) is 0 Å². The average molecular weight is 283 g/mol. The van der Waals surface area contributed by atoms with Crippen molar-refractivity contribution >= 4 is 10.0 Å². The molecule has 0 aromatic carbocycles. The van der Waals surface area contributed by atoms with Gasteiger partial charge in [-0.1, -0.05) is 0 Å². The molecule has 0 spiro atoms. The third kappa shape index (κ3) is 2.51. The second-order valence-electron chi connectivity index (χ2n) is 4.16. The lowest BCUT2D eigenvalue weighted by molar-refractivity contribution is -0.182. The summed E-state index contributed by atoms with van der Waals surface area (Å²) in [4.78, 5) is 5.97. The van der Waals surface area contributed by atoms with Gasteiger partial charge in [-0.3, -0.25) is 0 Å². The van der Waals surface area contributed by atoms with Crippen molar-refractivity contribution in [2.75, 3.05) is 13.1 Å². The summed E-state index contributed by atoms with van der Waals surface area (Å²) in [7, 11) is -3.90. The van der Waals surface area contributed by atoms with E-state index in [4.69, 9.17) is 0 Å². The number of hydrogen-bond acceptors (Lipinski definition) is 3. The number of piperidine rings is 1. The minimum Gasteiger partial charge on any atom is -0.335 e. The Hall–Kier alpha value is -1.09. The standard InChI is InChI=1S/C9H12F3N3O2S/c10-9(11,12)7-2-1-3-15(5-7)18(16,17)8-4-13-6-14-8/h4,6-7H,1-3,5H2,(H,13,14). The van der Waals surface area contributed by atoms with Crippen LogP contribution in [0.3, 0.4) is 0 Å². The molecule has 1 aromatic rings. The highest BCUT2D eigenvalue weighted by molar-refractivity contribution is 7.89. The molecule has 1 atom stereocenters. The first-order valence-corrected chi connectivity index (χ1v) is 6.81. The van der Waals surface area contributed by atoms with E-state index in [1.807, 2.05) is 0 Å². The minimum absolute atomic E-state index is 0.0293. The van der Waals surface area contributed by atoms with Crippen molar-refractivity contribution < 1.29 is 21.6 Å². The Balaban J connectivity index is 2.20. The Labute approximate surface area is 102 Å². The maximum absolute atomic E-state index is 12.6. The molecule has 0 amide bonds. The van der Waals surface area contributed by atoms with Crippen LogP contribution < -0.4 is 0 Å². The Bertz CT molecular complexity index is 498. The molecule has 1 aliphatic rings. The van der Waals surface area contributed by atoms with Gasteiger partial charge in [-0.2, -0.15) is 17.5 Å². The van der Waals surface area contributed by atoms with Crippen molar-refractivity contribution in [2.24, 2.45) is 5.92 Å². The Kier molecular flexibility index (Phi) is 3.37. The van der Waals surface area contributed by atoms with Gasteiger partial charge in [0.25, 0.3) is 10.0 Å². The summed E-state index contributed by atoms with van der Waals surface area (Å²) in [5.41, 5.74) is 0. The normalized spacial score (nSPS) is 23.2. The number of nitrogens with zero attached hydrogens (tertiary/aromatic N) is 2. The monoisotopic (exact) mass is 283 g/mol. The highest BCUT2D eigenvalue weighted by Crippen LogP contribution is 2.34. The van der Waals surface area contributed by atoms with Gasteiger partial charge in [-0.15, -0.1) is 0 Å². The maximum atomic E-state index is 12.6. The number of nitrogens with one attached hydrogen (secondary N) is 1. The van der Waals surface area contributed by atoms with Gasteiger partial charge in [0.15, 0.2) is 5.03 Å². The molecule has 0 bridgehead atoms. The molecule has 1 aliphatic heterocycles. The minimum atomic E-state index is -4.36. The van der Waals surface area contributed by atoms with Crippen LogP contribution in [0.4, 0.5) is 13.2 Å². The van der Waals surface area contributed by atoms with Crippen molar-refractivity contribution in [3.63, 3.8) is 0 Å². The molecule has 0 saturated carbocycles. The molecule has 1 unspecified atom stereocenters. The molecule has 18 heavy (non-hydrogen) atoms. The summed E-state index contributed by atoms with van der Waals surface area (Å²) >= 11 is 0. The molecule has 1 aromatic heterocycles. The summed E-state index contributed by atoms with van der Waals surface area (Å²) in [6.07, 6.45) is -1.91. The predicted molar refractivity (Wildman–Crippen MR) is 56.1 cm³/mol. The number of aromatic nitrogens is 2. The van der Waals surface area contributed by atoms with Gasteiger partial charge in [0.2, 0.25) is 0 Å². The van der Waals surface area contributed by atoms with Crippen molar-refractivity contribution in [3.8, 4) is 0 Å². The first kappa shape index (κ1) is 13.3. The van der Waals surface area contributed by atoms with E-state index >= 15 is 0 Å². The third-order valence-electron chi connectivity index (χ3n) is 2.94. The van der Waals surface area contributed by atoms with Crippen LogP contribution in [-0.2, 0) is 10.0 Å². The topological polar surface area (TPSA) is 66.1 Å². The molecule has 1 fully saturated rings. The lowest BCUT2D eigenvalue weighted by atomic mass is 9.99. The highest BCUT2D eigenvalue weighted by Gasteiger charge is 2.44. The molecule has 1 saturated heterocycles. The van der Waals surface area contributed by atoms with Crippen LogP contribution in [0.2, 0.25) is 0 Å². The summed E-state index contributed by atoms with van der Waals surface area (Å²) in [5, 5.41) is -0.176. The van der Waals surface area contributed by atoms with E-state index in [9.17, 15) is 21.6 Å². The van der Waals surface area contributed by atoms with Crippen LogP contribution in [-0.4, -0.2) is 42.0 Å². The molecule has 2 rings (SSSR count). The predicted octanol–water partition coefficient (Wildman–Crippen LogP) is 1.37. The van der Waals surface area contributed by atoms with Crippen molar-refractivity contribution in [2.45, 2.75) is 24.0 Å². The van der Waals surface area contributed by atoms with E-state index in [0.717, 1.165) is 10.5 Å². The molecule has 102 valence electrons. The molecule has 0 aliphatic carbocycles. The SMILES string of the molecule is O=S(=O)(c1cnc[nH]1)N1CCCC(C(F)(F)F)C1. The molecular weight excluding hydrogens is 271 g/mol. The summed E-state index contributed by atoms with van der Waals surface area (Å²) in [6, 6.07) is 0. The lowest BCUT2D eigenvalue weighted by Crippen LogP contribution is -2.44. The third-order valence-corrected chi connectivity index (χ3v) is 4.73. The zero-order chi connectivity index (χ0) is 13.4. The van der Waals surface area contributed by atoms with E-state index in [-0.39, 0.29) is 24.4 Å². The zero-order valence-corrected chi connectivity index (χ0v) is 10.1. The number of imidazole rings is 1. The Morgan fingerprint density at radius 3 is 2.72 bits per heavy atom. The fraction of sp³-hybridized carbons (Fsp3) is 0.667. The Morgan fingerprint density at radius 1 is 1.44 bits per heavy atom. The fourth-order valence-electron chi connectivity index (χ4n) is 1.95. The van der Waals surface area contributed by atoms with Gasteiger partial charge < -0.3 is 4.98 Å². The van der Waals surface area contributed by atoms with Crippen LogP contribution in [0.15, 0.2) is 17.6 Å². The lowest BCUT2D eigenvalue weighted by Gasteiger charge is -2.32. The van der Waals surface area contributed by atoms with Gasteiger partial charge >= 0.3 is 6.18 Å². The number of rotatable bonds is 2. The van der Waals surface area contributed by atoms with Gasteiger partial charge in [0, 0.05) is 13.1 Å². The van der Waals surface area contributed by atoms with Crippen LogP contribution in [0.25, 0.3) is 0 Å². The van der Waals surface area contributed by atoms with Crippen LogP contribution >= 0.6 is 0 Å². The summed E-state index contributed by atoms with van der Waals surface area (Å²) in [5.74, 6) is -1.59. The van der Waals surface area contributed by atoms with Gasteiger partial charge in [-0.25, -0.2) is 13.4 Å². The van der Waals surface area contributed by atoms with E-state index in [2.05, 4.69) is 9.97 Å². The first-order valence-electron chi connectivity index (χ1n) is 5.37. The van der Waals surface area contributed by atoms with Crippen molar-refractivity contribution in [1.82, 2.24) is 14.3 Å². The molecule has 1 N–H and O–H groups in total. The number of halogens is 3. The van der Waals surface area contributed by atoms with Crippen molar-refractivity contribution in [1.29, 1.82) is 0 Å². The second-order valence-corrected chi connectivity index (χ2v) is 6.07. The number of H-pyrrole nitrogens is 1. The molecular formula is C9H12F3N3O2S. The maximum Gasteiger partial charge on any atom is 0.393 e. The molecule has 2 heterocycles. The van der Waals surface area contributed by atoms with Gasteiger partial charge in [-0.05, 0) is 12.8 Å². The van der Waals surface area contributed by atoms with Gasteiger partial charge in [0.1, 0.15) is 0 Å². The Morgan fingerprint density at radius 2 is 2.17 bits per heavy atom. The molecule has 9 heteroatoms. The van der Waals surface area contributed by atoms with Crippen molar-refractivity contribution in [3.05, 3.63) is 12.5 Å². The summed E-state index contributed by atoms with van der Waals surface area (Å²) < 4.78 is 62.7. The number of alkyl halides is 3. The van der Waals surface area contributed by atoms with E-state index in [1.165, 1.54) is 6.33 Å². The fourth-order valence-corrected chi connectivity index (χ4v) is 3.37. The quantitative estimate of drug-likeness (QED) is 0.891. The van der Waals surface area contributed by atoms with E-state index < -0.39 is 28.7 Å². The van der Waals surface area contributed by atoms with Gasteiger partial charge in [0.05, 0.1) is 18.4 Å². The largest absolute Gasteiger partial charge is 0.393 e. The average Bonchev–Trinajstić information content (AvgIpc) is 2.82. The first-order chi connectivity index (χ1) is 8.32. The highest BCUT2D eigenvalue weighted by atomic mass is 32.2. The second kappa shape index (κ2) is 4.54. The van der Waals surface area contributed by atoms with Crippen LogP contribution in [0, 0.1) is 5.92 Å². The number of aromatic amines is 1. The number of sulfonamides is 1. The van der Waals surface area contributed by atoms with Crippen LogP contribution in [0.1, 0.15) is 12.8 Å². The smallest absolute Gasteiger partial charge is 0.335 e.